The summed E-state index contributed by atoms with van der Waals surface area (Å²) >= 11 is 0. The highest BCUT2D eigenvalue weighted by atomic mass is 16.5. The van der Waals surface area contributed by atoms with E-state index in [1.165, 1.54) is 18.6 Å². The number of benzene rings is 3. The molecule has 9 heteroatoms. The van der Waals surface area contributed by atoms with Gasteiger partial charge in [0.15, 0.2) is 0 Å². The van der Waals surface area contributed by atoms with Gasteiger partial charge in [0.1, 0.15) is 11.7 Å². The number of carbonyl (C=O) groups excluding carboxylic acids is 3. The van der Waals surface area contributed by atoms with Crippen LogP contribution in [0.5, 0.6) is 0 Å². The van der Waals surface area contributed by atoms with Gasteiger partial charge in [0.05, 0.1) is 29.4 Å². The summed E-state index contributed by atoms with van der Waals surface area (Å²) in [5.74, 6) is -1.16. The van der Waals surface area contributed by atoms with Crippen molar-refractivity contribution in [2.75, 3.05) is 17.7 Å². The van der Waals surface area contributed by atoms with Crippen LogP contribution in [0, 0.1) is 0 Å². The zero-order chi connectivity index (χ0) is 26.5. The van der Waals surface area contributed by atoms with E-state index in [1.807, 2.05) is 6.92 Å². The van der Waals surface area contributed by atoms with E-state index < -0.39 is 23.5 Å². The number of ether oxygens (including phenoxy) is 1. The van der Waals surface area contributed by atoms with Gasteiger partial charge in [0.2, 0.25) is 11.8 Å². The minimum absolute atomic E-state index is 0.122. The number of methoxy groups -OCH3 is 1. The van der Waals surface area contributed by atoms with E-state index >= 15 is 0 Å². The molecule has 0 unspecified atom stereocenters. The number of para-hydroxylation sites is 3. The molecule has 37 heavy (non-hydrogen) atoms. The first-order valence-corrected chi connectivity index (χ1v) is 11.7. The van der Waals surface area contributed by atoms with Crippen LogP contribution in [0.4, 0.5) is 11.4 Å². The fraction of sp³-hybridized carbons (Fsp3) is 0.179. The van der Waals surface area contributed by atoms with E-state index in [-0.39, 0.29) is 11.6 Å². The van der Waals surface area contributed by atoms with Crippen molar-refractivity contribution in [1.29, 1.82) is 0 Å². The molecular weight excluding hydrogens is 472 g/mol. The van der Waals surface area contributed by atoms with E-state index in [9.17, 15) is 19.2 Å². The summed E-state index contributed by atoms with van der Waals surface area (Å²) < 4.78 is 6.15. The van der Waals surface area contributed by atoms with Crippen molar-refractivity contribution in [2.24, 2.45) is 0 Å². The standard InChI is InChI=1S/C28H26N4O5/c1-4-23(26(34)30-19-15-13-18(14-16-19)28(36)37-3)32-24-12-8-7-11-22(24)31-25(27(32)35)20-9-5-6-10-21(20)29-17(2)33/h5-16,23H,4H2,1-3H3,(H,29,33)(H,30,34)/t23-/m1/s1. The fourth-order valence-corrected chi connectivity index (χ4v) is 4.15. The van der Waals surface area contributed by atoms with Crippen LogP contribution < -0.4 is 16.2 Å². The number of rotatable bonds is 7. The maximum absolute atomic E-state index is 13.9. The van der Waals surface area contributed by atoms with E-state index in [2.05, 4.69) is 15.6 Å². The van der Waals surface area contributed by atoms with Gasteiger partial charge in [-0.1, -0.05) is 37.3 Å². The number of fused-ring (bicyclic) bond motifs is 1. The van der Waals surface area contributed by atoms with Crippen LogP contribution >= 0.6 is 0 Å². The predicted molar refractivity (Wildman–Crippen MR) is 141 cm³/mol. The van der Waals surface area contributed by atoms with Crippen molar-refractivity contribution in [1.82, 2.24) is 9.55 Å². The zero-order valence-electron chi connectivity index (χ0n) is 20.6. The van der Waals surface area contributed by atoms with Crippen molar-refractivity contribution in [3.63, 3.8) is 0 Å². The van der Waals surface area contributed by atoms with Gasteiger partial charge in [-0.3, -0.25) is 19.0 Å². The van der Waals surface area contributed by atoms with Gasteiger partial charge in [-0.2, -0.15) is 0 Å². The second-order valence-corrected chi connectivity index (χ2v) is 8.33. The summed E-state index contributed by atoms with van der Waals surface area (Å²) in [7, 11) is 1.30. The van der Waals surface area contributed by atoms with Crippen LogP contribution in [-0.4, -0.2) is 34.4 Å². The van der Waals surface area contributed by atoms with Crippen molar-refractivity contribution < 1.29 is 19.1 Å². The molecule has 0 aliphatic carbocycles. The molecule has 0 saturated heterocycles. The van der Waals surface area contributed by atoms with Crippen molar-refractivity contribution in [3.8, 4) is 11.3 Å². The molecule has 2 N–H and O–H groups in total. The maximum Gasteiger partial charge on any atom is 0.337 e. The highest BCUT2D eigenvalue weighted by Gasteiger charge is 2.25. The Morgan fingerprint density at radius 1 is 0.946 bits per heavy atom. The average Bonchev–Trinajstić information content (AvgIpc) is 2.90. The molecule has 0 aliphatic heterocycles. The van der Waals surface area contributed by atoms with E-state index in [1.54, 1.807) is 72.8 Å². The Kier molecular flexibility index (Phi) is 7.43. The molecule has 0 fully saturated rings. The summed E-state index contributed by atoms with van der Waals surface area (Å²) in [5, 5.41) is 5.58. The number of nitrogens with one attached hydrogen (secondary N) is 2. The minimum Gasteiger partial charge on any atom is -0.465 e. The number of nitrogens with zero attached hydrogens (tertiary/aromatic N) is 2. The van der Waals surface area contributed by atoms with Crippen molar-refractivity contribution in [2.45, 2.75) is 26.3 Å². The molecule has 3 aromatic carbocycles. The third kappa shape index (κ3) is 5.25. The fourth-order valence-electron chi connectivity index (χ4n) is 4.15. The number of hydrogen-bond donors (Lipinski definition) is 2. The Bertz CT molecular complexity index is 1540. The highest BCUT2D eigenvalue weighted by molar-refractivity contribution is 5.97. The summed E-state index contributed by atoms with van der Waals surface area (Å²) in [4.78, 5) is 55.4. The van der Waals surface area contributed by atoms with Crippen LogP contribution in [0.1, 0.15) is 36.7 Å². The monoisotopic (exact) mass is 498 g/mol. The smallest absolute Gasteiger partial charge is 0.337 e. The summed E-state index contributed by atoms with van der Waals surface area (Å²) in [6, 6.07) is 19.4. The zero-order valence-corrected chi connectivity index (χ0v) is 20.6. The molecule has 0 bridgehead atoms. The minimum atomic E-state index is -0.854. The van der Waals surface area contributed by atoms with Crippen molar-refractivity contribution >= 4 is 40.2 Å². The predicted octanol–water partition coefficient (Wildman–Crippen LogP) is 4.40. The lowest BCUT2D eigenvalue weighted by molar-refractivity contribution is -0.119. The molecule has 0 spiro atoms. The van der Waals surface area contributed by atoms with Crippen LogP contribution in [0.2, 0.25) is 0 Å². The van der Waals surface area contributed by atoms with Gasteiger partial charge >= 0.3 is 5.97 Å². The Morgan fingerprint density at radius 3 is 2.30 bits per heavy atom. The number of carbonyl (C=O) groups is 3. The first-order chi connectivity index (χ1) is 17.8. The van der Waals surface area contributed by atoms with Crippen LogP contribution in [0.25, 0.3) is 22.3 Å². The van der Waals surface area contributed by atoms with E-state index in [0.29, 0.717) is 40.0 Å². The summed E-state index contributed by atoms with van der Waals surface area (Å²) in [5.41, 5.74) is 2.43. The number of anilines is 2. The summed E-state index contributed by atoms with van der Waals surface area (Å²) in [6.45, 7) is 3.20. The van der Waals surface area contributed by atoms with Crippen molar-refractivity contribution in [3.05, 3.63) is 88.7 Å². The molecule has 1 aromatic heterocycles. The van der Waals surface area contributed by atoms with Gasteiger partial charge in [-0.05, 0) is 48.9 Å². The number of amides is 2. The van der Waals surface area contributed by atoms with Gasteiger partial charge in [0.25, 0.3) is 5.56 Å². The van der Waals surface area contributed by atoms with Gasteiger partial charge in [-0.25, -0.2) is 9.78 Å². The largest absolute Gasteiger partial charge is 0.465 e. The number of esters is 1. The number of aromatic nitrogens is 2. The molecule has 0 aliphatic rings. The number of hydrogen-bond acceptors (Lipinski definition) is 6. The van der Waals surface area contributed by atoms with Crippen LogP contribution in [0.15, 0.2) is 77.6 Å². The highest BCUT2D eigenvalue weighted by Crippen LogP contribution is 2.27. The maximum atomic E-state index is 13.9. The lowest BCUT2D eigenvalue weighted by Crippen LogP contribution is -2.34. The molecular formula is C28H26N4O5. The first-order valence-electron chi connectivity index (χ1n) is 11.7. The van der Waals surface area contributed by atoms with E-state index in [4.69, 9.17) is 4.74 Å². The molecule has 4 aromatic rings. The average molecular weight is 499 g/mol. The molecule has 0 radical (unpaired) electrons. The van der Waals surface area contributed by atoms with Gasteiger partial charge in [0, 0.05) is 18.2 Å². The van der Waals surface area contributed by atoms with Crippen LogP contribution in [0.3, 0.4) is 0 Å². The lowest BCUT2D eigenvalue weighted by Gasteiger charge is -2.21. The third-order valence-electron chi connectivity index (χ3n) is 5.86. The lowest BCUT2D eigenvalue weighted by atomic mass is 10.1. The molecule has 0 saturated carbocycles. The summed E-state index contributed by atoms with van der Waals surface area (Å²) in [6.07, 6.45) is 0.326. The second-order valence-electron chi connectivity index (χ2n) is 8.33. The second kappa shape index (κ2) is 10.9. The van der Waals surface area contributed by atoms with Gasteiger partial charge < -0.3 is 15.4 Å². The normalized spacial score (nSPS) is 11.5. The van der Waals surface area contributed by atoms with E-state index in [0.717, 1.165) is 0 Å². The Morgan fingerprint density at radius 2 is 1.62 bits per heavy atom. The Balaban J connectivity index is 1.80. The molecule has 4 rings (SSSR count). The third-order valence-corrected chi connectivity index (χ3v) is 5.86. The molecule has 1 atom stereocenters. The Labute approximate surface area is 213 Å². The molecule has 188 valence electrons. The van der Waals surface area contributed by atoms with Crippen LogP contribution in [-0.2, 0) is 14.3 Å². The van der Waals surface area contributed by atoms with Gasteiger partial charge in [-0.15, -0.1) is 0 Å². The Hall–Kier alpha value is -4.79. The molecule has 9 nitrogen and oxygen atoms in total. The molecule has 2 amide bonds. The quantitative estimate of drug-likeness (QED) is 0.365. The first kappa shape index (κ1) is 25.3. The molecule has 1 heterocycles. The topological polar surface area (TPSA) is 119 Å². The SMILES string of the molecule is CC[C@H](C(=O)Nc1ccc(C(=O)OC)cc1)n1c(=O)c(-c2ccccc2NC(C)=O)nc2ccccc21.